The highest BCUT2D eigenvalue weighted by atomic mass is 127. The molecule has 0 spiro atoms. The summed E-state index contributed by atoms with van der Waals surface area (Å²) in [4.78, 5) is 12.2. The second-order valence-corrected chi connectivity index (χ2v) is 6.37. The predicted octanol–water partition coefficient (Wildman–Crippen LogP) is 4.84. The zero-order chi connectivity index (χ0) is 15.4. The molecule has 0 N–H and O–H groups in total. The van der Waals surface area contributed by atoms with Crippen molar-refractivity contribution in [3.63, 3.8) is 0 Å². The molecule has 2 aromatic rings. The van der Waals surface area contributed by atoms with Gasteiger partial charge in [0.1, 0.15) is 11.5 Å². The molecule has 0 saturated heterocycles. The number of halogens is 2. The van der Waals surface area contributed by atoms with Crippen molar-refractivity contribution < 1.29 is 14.3 Å². The second-order valence-electron chi connectivity index (χ2n) is 4.36. The van der Waals surface area contributed by atoms with E-state index in [1.54, 1.807) is 31.4 Å². The molecule has 110 valence electrons. The summed E-state index contributed by atoms with van der Waals surface area (Å²) in [5.41, 5.74) is 1.67. The van der Waals surface area contributed by atoms with Gasteiger partial charge in [-0.25, -0.2) is 4.79 Å². The number of ether oxygens (including phenoxy) is 2. The van der Waals surface area contributed by atoms with Crippen LogP contribution in [0.15, 0.2) is 40.9 Å². The smallest absolute Gasteiger partial charge is 0.343 e. The Bertz CT molecular complexity index is 671. The molecule has 0 aliphatic carbocycles. The number of hydrogen-bond acceptors (Lipinski definition) is 3. The van der Waals surface area contributed by atoms with Crippen molar-refractivity contribution in [3.05, 3.63) is 55.6 Å². The summed E-state index contributed by atoms with van der Waals surface area (Å²) >= 11 is 5.55. The number of rotatable bonds is 4. The average Bonchev–Trinajstić information content (AvgIpc) is 2.49. The zero-order valence-electron chi connectivity index (χ0n) is 11.7. The van der Waals surface area contributed by atoms with Crippen molar-refractivity contribution in [2.24, 2.45) is 0 Å². The topological polar surface area (TPSA) is 35.5 Å². The molecule has 0 bridgehead atoms. The molecule has 3 nitrogen and oxygen atoms in total. The maximum absolute atomic E-state index is 12.2. The Kier molecular flexibility index (Phi) is 5.64. The Morgan fingerprint density at radius 3 is 2.48 bits per heavy atom. The van der Waals surface area contributed by atoms with Gasteiger partial charge in [0.25, 0.3) is 0 Å². The summed E-state index contributed by atoms with van der Waals surface area (Å²) in [7, 11) is 1.60. The molecular weight excluding hydrogens is 447 g/mol. The molecule has 0 atom stereocenters. The SMILES string of the molecule is CCc1ccc(OC(=O)c2ccc(OC)c(I)c2)c(Br)c1. The van der Waals surface area contributed by atoms with E-state index >= 15 is 0 Å². The predicted molar refractivity (Wildman–Crippen MR) is 94.2 cm³/mol. The number of methoxy groups -OCH3 is 1. The van der Waals surface area contributed by atoms with Gasteiger partial charge in [-0.2, -0.15) is 0 Å². The van der Waals surface area contributed by atoms with E-state index in [0.29, 0.717) is 11.3 Å². The standard InChI is InChI=1S/C16H14BrIO3/c1-3-10-4-6-14(12(17)8-10)21-16(19)11-5-7-15(20-2)13(18)9-11/h4-9H,3H2,1-2H3. The van der Waals surface area contributed by atoms with Crippen LogP contribution in [0, 0.1) is 3.57 Å². The van der Waals surface area contributed by atoms with Crippen molar-refractivity contribution in [2.75, 3.05) is 7.11 Å². The lowest BCUT2D eigenvalue weighted by Crippen LogP contribution is -2.09. The molecule has 21 heavy (non-hydrogen) atoms. The minimum atomic E-state index is -0.388. The van der Waals surface area contributed by atoms with Crippen molar-refractivity contribution in [1.29, 1.82) is 0 Å². The molecular formula is C16H14BrIO3. The summed E-state index contributed by atoms with van der Waals surface area (Å²) in [6, 6.07) is 10.9. The lowest BCUT2D eigenvalue weighted by molar-refractivity contribution is 0.0733. The minimum Gasteiger partial charge on any atom is -0.496 e. The molecule has 0 aromatic heterocycles. The quantitative estimate of drug-likeness (QED) is 0.372. The lowest BCUT2D eigenvalue weighted by Gasteiger charge is -2.09. The fraction of sp³-hybridized carbons (Fsp3) is 0.188. The van der Waals surface area contributed by atoms with E-state index in [0.717, 1.165) is 20.2 Å². The van der Waals surface area contributed by atoms with Crippen LogP contribution in [-0.4, -0.2) is 13.1 Å². The molecule has 5 heteroatoms. The van der Waals surface area contributed by atoms with Crippen LogP contribution < -0.4 is 9.47 Å². The Morgan fingerprint density at radius 2 is 1.90 bits per heavy atom. The van der Waals surface area contributed by atoms with Gasteiger partial charge < -0.3 is 9.47 Å². The second kappa shape index (κ2) is 7.26. The van der Waals surface area contributed by atoms with Crippen molar-refractivity contribution in [3.8, 4) is 11.5 Å². The van der Waals surface area contributed by atoms with E-state index in [-0.39, 0.29) is 5.97 Å². The number of aryl methyl sites for hydroxylation is 1. The molecule has 0 aliphatic heterocycles. The molecule has 2 aromatic carbocycles. The third-order valence-electron chi connectivity index (χ3n) is 2.99. The van der Waals surface area contributed by atoms with Gasteiger partial charge in [0.2, 0.25) is 0 Å². The molecule has 0 amide bonds. The number of carbonyl (C=O) groups is 1. The first-order valence-electron chi connectivity index (χ1n) is 6.39. The van der Waals surface area contributed by atoms with E-state index < -0.39 is 0 Å². The molecule has 2 rings (SSSR count). The summed E-state index contributed by atoms with van der Waals surface area (Å²) in [5, 5.41) is 0. The highest BCUT2D eigenvalue weighted by Crippen LogP contribution is 2.28. The molecule has 0 radical (unpaired) electrons. The Balaban J connectivity index is 2.20. The van der Waals surface area contributed by atoms with Crippen molar-refractivity contribution >= 4 is 44.5 Å². The Labute approximate surface area is 145 Å². The number of benzene rings is 2. The monoisotopic (exact) mass is 460 g/mol. The first kappa shape index (κ1) is 16.3. The number of esters is 1. The van der Waals surface area contributed by atoms with E-state index in [2.05, 4.69) is 45.4 Å². The van der Waals surface area contributed by atoms with E-state index in [4.69, 9.17) is 9.47 Å². The van der Waals surface area contributed by atoms with E-state index in [1.807, 2.05) is 12.1 Å². The van der Waals surface area contributed by atoms with Crippen LogP contribution in [0.4, 0.5) is 0 Å². The van der Waals surface area contributed by atoms with Gasteiger partial charge in [-0.05, 0) is 80.8 Å². The molecule has 0 heterocycles. The molecule has 0 fully saturated rings. The van der Waals surface area contributed by atoms with Crippen LogP contribution in [0.25, 0.3) is 0 Å². The fourth-order valence-corrected chi connectivity index (χ4v) is 3.04. The maximum Gasteiger partial charge on any atom is 0.343 e. The van der Waals surface area contributed by atoms with Gasteiger partial charge in [-0.15, -0.1) is 0 Å². The van der Waals surface area contributed by atoms with Gasteiger partial charge in [-0.3, -0.25) is 0 Å². The van der Waals surface area contributed by atoms with Crippen LogP contribution in [0.3, 0.4) is 0 Å². The normalized spacial score (nSPS) is 10.3. The van der Waals surface area contributed by atoms with Crippen LogP contribution in [0.5, 0.6) is 11.5 Å². The minimum absolute atomic E-state index is 0.388. The summed E-state index contributed by atoms with van der Waals surface area (Å²) in [6.07, 6.45) is 0.934. The van der Waals surface area contributed by atoms with Gasteiger partial charge in [0.05, 0.1) is 20.7 Å². The van der Waals surface area contributed by atoms with Gasteiger partial charge >= 0.3 is 5.97 Å². The van der Waals surface area contributed by atoms with Crippen LogP contribution in [-0.2, 0) is 6.42 Å². The summed E-state index contributed by atoms with van der Waals surface area (Å²) in [5.74, 6) is 0.865. The Hall–Kier alpha value is -1.08. The van der Waals surface area contributed by atoms with Gasteiger partial charge in [0.15, 0.2) is 0 Å². The lowest BCUT2D eigenvalue weighted by atomic mass is 10.2. The molecule has 0 unspecified atom stereocenters. The first-order chi connectivity index (χ1) is 10.0. The average molecular weight is 461 g/mol. The van der Waals surface area contributed by atoms with Crippen LogP contribution in [0.2, 0.25) is 0 Å². The fourth-order valence-electron chi connectivity index (χ4n) is 1.80. The third-order valence-corrected chi connectivity index (χ3v) is 4.46. The largest absolute Gasteiger partial charge is 0.496 e. The van der Waals surface area contributed by atoms with Crippen LogP contribution in [0.1, 0.15) is 22.8 Å². The van der Waals surface area contributed by atoms with Crippen molar-refractivity contribution in [1.82, 2.24) is 0 Å². The summed E-state index contributed by atoms with van der Waals surface area (Å²) in [6.45, 7) is 2.08. The highest BCUT2D eigenvalue weighted by Gasteiger charge is 2.13. The van der Waals surface area contributed by atoms with Crippen molar-refractivity contribution in [2.45, 2.75) is 13.3 Å². The number of carbonyl (C=O) groups excluding carboxylic acids is 1. The molecule has 0 saturated carbocycles. The van der Waals surface area contributed by atoms with Gasteiger partial charge in [0, 0.05) is 0 Å². The van der Waals surface area contributed by atoms with E-state index in [1.165, 1.54) is 5.56 Å². The third kappa shape index (κ3) is 3.97. The summed E-state index contributed by atoms with van der Waals surface area (Å²) < 4.78 is 12.2. The maximum atomic E-state index is 12.2. The van der Waals surface area contributed by atoms with E-state index in [9.17, 15) is 4.79 Å². The van der Waals surface area contributed by atoms with Crippen LogP contribution >= 0.6 is 38.5 Å². The molecule has 0 aliphatic rings. The zero-order valence-corrected chi connectivity index (χ0v) is 15.4. The highest BCUT2D eigenvalue weighted by molar-refractivity contribution is 14.1. The number of hydrogen-bond donors (Lipinski definition) is 0. The Morgan fingerprint density at radius 1 is 1.19 bits per heavy atom. The first-order valence-corrected chi connectivity index (χ1v) is 8.26. The van der Waals surface area contributed by atoms with Gasteiger partial charge in [-0.1, -0.05) is 13.0 Å².